The Morgan fingerprint density at radius 1 is 0.886 bits per heavy atom. The quantitative estimate of drug-likeness (QED) is 0.167. The van der Waals surface area contributed by atoms with Gasteiger partial charge in [-0.2, -0.15) is 0 Å². The zero-order valence-electron chi connectivity index (χ0n) is 24.0. The molecule has 9 nitrogen and oxygen atoms in total. The number of methoxy groups -OCH3 is 1. The number of carbonyl (C=O) groups is 3. The van der Waals surface area contributed by atoms with Crippen LogP contribution in [0.15, 0.2) is 102 Å². The molecule has 1 unspecified atom stereocenters. The minimum atomic E-state index is -1.00. The van der Waals surface area contributed by atoms with Crippen LogP contribution in [-0.4, -0.2) is 47.7 Å². The second kappa shape index (κ2) is 14.1. The van der Waals surface area contributed by atoms with Crippen LogP contribution in [0.5, 0.6) is 11.5 Å². The van der Waals surface area contributed by atoms with Crippen molar-refractivity contribution in [2.75, 3.05) is 24.4 Å². The number of para-hydroxylation sites is 1. The summed E-state index contributed by atoms with van der Waals surface area (Å²) < 4.78 is 12.3. The summed E-state index contributed by atoms with van der Waals surface area (Å²) in [5.41, 5.74) is 3.08. The van der Waals surface area contributed by atoms with Gasteiger partial charge in [-0.3, -0.25) is 4.79 Å². The van der Waals surface area contributed by atoms with E-state index in [0.717, 1.165) is 28.4 Å². The number of carboxylic acids is 1. The molecule has 1 heterocycles. The average molecular weight is 659 g/mol. The number of anilines is 2. The van der Waals surface area contributed by atoms with E-state index in [-0.39, 0.29) is 36.6 Å². The van der Waals surface area contributed by atoms with Crippen LogP contribution in [0.2, 0.25) is 0 Å². The molecular formula is C34H32BrN3O6. The van der Waals surface area contributed by atoms with E-state index in [1.807, 2.05) is 53.4 Å². The van der Waals surface area contributed by atoms with Crippen LogP contribution in [-0.2, 0) is 11.2 Å². The molecule has 0 bridgehead atoms. The lowest BCUT2D eigenvalue weighted by Gasteiger charge is -2.31. The summed E-state index contributed by atoms with van der Waals surface area (Å²) >= 11 is 3.42. The molecule has 1 fully saturated rings. The summed E-state index contributed by atoms with van der Waals surface area (Å²) in [5, 5.41) is 14.8. The number of ether oxygens (including phenoxy) is 2. The molecule has 2 atom stereocenters. The molecule has 0 radical (unpaired) electrons. The van der Waals surface area contributed by atoms with Crippen LogP contribution in [0.1, 0.15) is 40.4 Å². The van der Waals surface area contributed by atoms with Crippen LogP contribution >= 0.6 is 15.9 Å². The number of nitrogens with zero attached hydrogens (tertiary/aromatic N) is 1. The zero-order chi connectivity index (χ0) is 31.1. The van der Waals surface area contributed by atoms with Crippen LogP contribution in [0, 0.1) is 0 Å². The van der Waals surface area contributed by atoms with Gasteiger partial charge in [0.05, 0.1) is 42.6 Å². The monoisotopic (exact) mass is 657 g/mol. The number of urea groups is 1. The second-order valence-corrected chi connectivity index (χ2v) is 11.2. The fraction of sp³-hybridized carbons (Fsp3) is 0.206. The Balaban J connectivity index is 1.30. The number of hydrogen-bond donors (Lipinski definition) is 3. The van der Waals surface area contributed by atoms with Gasteiger partial charge in [0, 0.05) is 4.47 Å². The van der Waals surface area contributed by atoms with Crippen molar-refractivity contribution in [1.82, 2.24) is 4.90 Å². The maximum atomic E-state index is 13.9. The highest BCUT2D eigenvalue weighted by Gasteiger charge is 2.38. The Kier molecular flexibility index (Phi) is 9.81. The van der Waals surface area contributed by atoms with Gasteiger partial charge in [-0.25, -0.2) is 9.59 Å². The molecule has 0 aromatic heterocycles. The highest BCUT2D eigenvalue weighted by molar-refractivity contribution is 9.10. The number of hydrogen-bond acceptors (Lipinski definition) is 5. The highest BCUT2D eigenvalue weighted by Crippen LogP contribution is 2.37. The van der Waals surface area contributed by atoms with Crippen LogP contribution in [0.25, 0.3) is 0 Å². The number of carboxylic acid groups (broad SMARTS) is 1. The van der Waals surface area contributed by atoms with Crippen LogP contribution < -0.4 is 20.1 Å². The molecule has 1 aliphatic rings. The normalized spacial score (nSPS) is 15.8. The topological polar surface area (TPSA) is 117 Å². The second-order valence-electron chi connectivity index (χ2n) is 10.4. The van der Waals surface area contributed by atoms with Gasteiger partial charge >= 0.3 is 12.0 Å². The summed E-state index contributed by atoms with van der Waals surface area (Å²) in [5.74, 6) is -0.0788. The van der Waals surface area contributed by atoms with Gasteiger partial charge in [0.25, 0.3) is 0 Å². The molecule has 3 amide bonds. The molecule has 4 aromatic carbocycles. The summed E-state index contributed by atoms with van der Waals surface area (Å²) in [6, 6.07) is 28.1. The molecule has 0 aliphatic carbocycles. The molecule has 226 valence electrons. The van der Waals surface area contributed by atoms with Gasteiger partial charge in [0.15, 0.2) is 0 Å². The standard InChI is InChI=1S/C34H32BrN3O6/c1-43-31-19-22(11-17-29(31)37-34(42)36-28-10-6-5-9-27(28)35)20-32(39)38-25(14-18-30(38)23-7-3-2-4-8-23)21-44-26-15-12-24(13-16-26)33(40)41/h2-13,15-17,19,25,30H,14,18,20-21H2,1H3,(H,40,41)(H2,36,37,42)/t25-,30?/m0/s1. The van der Waals surface area contributed by atoms with Gasteiger partial charge in [-0.15, -0.1) is 0 Å². The Bertz CT molecular complexity index is 1630. The lowest BCUT2D eigenvalue weighted by molar-refractivity contribution is -0.134. The number of halogens is 1. The van der Waals surface area contributed by atoms with E-state index in [2.05, 4.69) is 26.6 Å². The maximum Gasteiger partial charge on any atom is 0.335 e. The molecule has 4 aromatic rings. The predicted molar refractivity (Wildman–Crippen MR) is 171 cm³/mol. The number of rotatable bonds is 10. The third kappa shape index (κ3) is 7.38. The van der Waals surface area contributed by atoms with E-state index < -0.39 is 12.0 Å². The average Bonchev–Trinajstić information content (AvgIpc) is 3.46. The van der Waals surface area contributed by atoms with E-state index in [0.29, 0.717) is 22.9 Å². The molecular weight excluding hydrogens is 626 g/mol. The van der Waals surface area contributed by atoms with E-state index in [1.165, 1.54) is 19.2 Å². The molecule has 0 saturated carbocycles. The Hall–Kier alpha value is -4.83. The third-order valence-corrected chi connectivity index (χ3v) is 8.20. The molecule has 10 heteroatoms. The minimum absolute atomic E-state index is 0.0550. The first kappa shape index (κ1) is 30.6. The van der Waals surface area contributed by atoms with Gasteiger partial charge in [0.2, 0.25) is 5.91 Å². The van der Waals surface area contributed by atoms with Crippen molar-refractivity contribution in [3.8, 4) is 11.5 Å². The van der Waals surface area contributed by atoms with E-state index >= 15 is 0 Å². The molecule has 0 spiro atoms. The summed E-state index contributed by atoms with van der Waals surface area (Å²) in [7, 11) is 1.51. The van der Waals surface area contributed by atoms with E-state index in [1.54, 1.807) is 36.4 Å². The van der Waals surface area contributed by atoms with E-state index in [4.69, 9.17) is 14.6 Å². The van der Waals surface area contributed by atoms with Crippen molar-refractivity contribution >= 4 is 45.2 Å². The Labute approximate surface area is 263 Å². The maximum absolute atomic E-state index is 13.9. The first-order chi connectivity index (χ1) is 21.3. The number of likely N-dealkylation sites (tertiary alicyclic amines) is 1. The van der Waals surface area contributed by atoms with Crippen LogP contribution in [0.3, 0.4) is 0 Å². The number of nitrogens with one attached hydrogen (secondary N) is 2. The van der Waals surface area contributed by atoms with Crippen molar-refractivity contribution < 1.29 is 29.0 Å². The minimum Gasteiger partial charge on any atom is -0.495 e. The Morgan fingerprint density at radius 2 is 1.59 bits per heavy atom. The summed E-state index contributed by atoms with van der Waals surface area (Å²) in [6.07, 6.45) is 1.69. The number of carbonyl (C=O) groups excluding carboxylic acids is 2. The van der Waals surface area contributed by atoms with Crippen molar-refractivity contribution in [3.63, 3.8) is 0 Å². The third-order valence-electron chi connectivity index (χ3n) is 7.51. The Morgan fingerprint density at radius 3 is 2.30 bits per heavy atom. The van der Waals surface area contributed by atoms with Gasteiger partial charge in [-0.1, -0.05) is 48.5 Å². The number of amides is 3. The van der Waals surface area contributed by atoms with Gasteiger partial charge < -0.3 is 30.1 Å². The predicted octanol–water partition coefficient (Wildman–Crippen LogP) is 7.15. The van der Waals surface area contributed by atoms with Crippen molar-refractivity contribution in [2.24, 2.45) is 0 Å². The van der Waals surface area contributed by atoms with Crippen LogP contribution in [0.4, 0.5) is 16.2 Å². The number of aromatic carboxylic acids is 1. The lowest BCUT2D eigenvalue weighted by Crippen LogP contribution is -2.41. The first-order valence-corrected chi connectivity index (χ1v) is 14.9. The first-order valence-electron chi connectivity index (χ1n) is 14.1. The van der Waals surface area contributed by atoms with Crippen molar-refractivity contribution in [2.45, 2.75) is 31.3 Å². The smallest absolute Gasteiger partial charge is 0.335 e. The van der Waals surface area contributed by atoms with Gasteiger partial charge in [-0.05, 0) is 88.4 Å². The largest absolute Gasteiger partial charge is 0.495 e. The molecule has 1 saturated heterocycles. The summed E-state index contributed by atoms with van der Waals surface area (Å²) in [6.45, 7) is 0.278. The molecule has 3 N–H and O–H groups in total. The lowest BCUT2D eigenvalue weighted by atomic mass is 10.0. The SMILES string of the molecule is COc1cc(CC(=O)N2C(c3ccccc3)CC[C@H]2COc2ccc(C(=O)O)cc2)ccc1NC(=O)Nc1ccccc1Br. The highest BCUT2D eigenvalue weighted by atomic mass is 79.9. The zero-order valence-corrected chi connectivity index (χ0v) is 25.6. The molecule has 44 heavy (non-hydrogen) atoms. The number of benzene rings is 4. The fourth-order valence-corrected chi connectivity index (χ4v) is 5.75. The van der Waals surface area contributed by atoms with Crippen molar-refractivity contribution in [1.29, 1.82) is 0 Å². The summed E-state index contributed by atoms with van der Waals surface area (Å²) in [4.78, 5) is 39.7. The van der Waals surface area contributed by atoms with Crippen molar-refractivity contribution in [3.05, 3.63) is 118 Å². The molecule has 1 aliphatic heterocycles. The fourth-order valence-electron chi connectivity index (χ4n) is 5.37. The van der Waals surface area contributed by atoms with E-state index in [9.17, 15) is 14.4 Å². The van der Waals surface area contributed by atoms with Gasteiger partial charge in [0.1, 0.15) is 18.1 Å². The molecule has 5 rings (SSSR count).